The first-order chi connectivity index (χ1) is 18.6. The van der Waals surface area contributed by atoms with Crippen LogP contribution in [0.2, 0.25) is 0 Å². The van der Waals surface area contributed by atoms with E-state index >= 15 is 0 Å². The molecule has 0 aliphatic carbocycles. The molecule has 0 unspecified atom stereocenters. The second-order valence-corrected chi connectivity index (χ2v) is 9.44. The summed E-state index contributed by atoms with van der Waals surface area (Å²) < 4.78 is 3.82. The van der Waals surface area contributed by atoms with Gasteiger partial charge in [-0.15, -0.1) is 5.10 Å². The molecule has 0 spiro atoms. The van der Waals surface area contributed by atoms with Crippen molar-refractivity contribution in [3.8, 4) is 28.3 Å². The zero-order valence-electron chi connectivity index (χ0n) is 22.2. The van der Waals surface area contributed by atoms with Gasteiger partial charge in [0.2, 0.25) is 0 Å². The first-order valence-electron chi connectivity index (χ1n) is 13.3. The Morgan fingerprint density at radius 2 is 1.68 bits per heavy atom. The Bertz CT molecular complexity index is 1540. The average molecular weight is 508 g/mol. The smallest absolute Gasteiger partial charge is 0.292 e. The quantitative estimate of drug-likeness (QED) is 0.273. The molecule has 1 N–H and O–H groups in total. The summed E-state index contributed by atoms with van der Waals surface area (Å²) in [6, 6.07) is 18.5. The lowest BCUT2D eigenvalue weighted by Crippen LogP contribution is -2.26. The summed E-state index contributed by atoms with van der Waals surface area (Å²) in [5.74, 6) is 0.525. The Morgan fingerprint density at radius 3 is 2.34 bits per heavy atom. The van der Waals surface area contributed by atoms with Crippen molar-refractivity contribution < 1.29 is 0 Å². The number of H-pyrrole nitrogens is 1. The van der Waals surface area contributed by atoms with Crippen LogP contribution in [0.25, 0.3) is 28.3 Å². The summed E-state index contributed by atoms with van der Waals surface area (Å²) in [4.78, 5) is 18.3. The van der Waals surface area contributed by atoms with Crippen LogP contribution in [-0.4, -0.2) is 34.7 Å². The van der Waals surface area contributed by atoms with E-state index < -0.39 is 0 Å². The highest BCUT2D eigenvalue weighted by molar-refractivity contribution is 5.77. The van der Waals surface area contributed by atoms with Gasteiger partial charge in [0.25, 0.3) is 0 Å². The molecule has 0 amide bonds. The fraction of sp³-hybridized carbons (Fsp3) is 0.300. The molecule has 3 heterocycles. The Hall–Kier alpha value is -4.33. The van der Waals surface area contributed by atoms with E-state index in [1.54, 1.807) is 6.20 Å². The molecular weight excluding hydrogens is 474 g/mol. The molecule has 194 valence electrons. The minimum absolute atomic E-state index is 0.0168. The Morgan fingerprint density at radius 1 is 0.921 bits per heavy atom. The van der Waals surface area contributed by atoms with E-state index in [4.69, 9.17) is 0 Å². The van der Waals surface area contributed by atoms with Crippen molar-refractivity contribution in [2.24, 2.45) is 0 Å². The molecule has 5 rings (SSSR count). The lowest BCUT2D eigenvalue weighted by molar-refractivity contribution is 0.673. The van der Waals surface area contributed by atoms with Crippen LogP contribution in [-0.2, 0) is 25.8 Å². The molecule has 0 bridgehead atoms. The topological polar surface area (TPSA) is 94.3 Å². The number of aromatic nitrogens is 7. The summed E-state index contributed by atoms with van der Waals surface area (Å²) in [5, 5.41) is 14.2. The van der Waals surface area contributed by atoms with Gasteiger partial charge in [0.05, 0.1) is 12.2 Å². The van der Waals surface area contributed by atoms with Crippen LogP contribution in [0, 0.1) is 0 Å². The standard InChI is InChI=1S/C30H33N7O/c1-4-7-12-25-20-37(28-22(5-2)10-8-11-23(28)6-3)30(38)36(25)19-21-14-16-24(17-15-21)26-13-9-18-31-27(26)29-32-34-35-33-29/h8-11,13-18,20H,4-7,12,19H2,1-3H3,(H,32,33,34,35). The molecular formula is C30H33N7O. The number of hydrogen-bond donors (Lipinski definition) is 1. The summed E-state index contributed by atoms with van der Waals surface area (Å²) in [7, 11) is 0. The maximum atomic E-state index is 13.9. The van der Waals surface area contributed by atoms with Gasteiger partial charge in [-0.1, -0.05) is 75.7 Å². The highest BCUT2D eigenvalue weighted by Crippen LogP contribution is 2.28. The highest BCUT2D eigenvalue weighted by atomic mass is 16.1. The molecule has 5 aromatic rings. The lowest BCUT2D eigenvalue weighted by Gasteiger charge is -2.13. The number of aromatic amines is 1. The molecule has 0 saturated carbocycles. The van der Waals surface area contributed by atoms with Crippen LogP contribution < -0.4 is 5.69 Å². The van der Waals surface area contributed by atoms with E-state index in [1.165, 1.54) is 11.1 Å². The number of unbranched alkanes of at least 4 members (excludes halogenated alkanes) is 1. The van der Waals surface area contributed by atoms with E-state index in [-0.39, 0.29) is 5.69 Å². The number of rotatable bonds is 10. The SMILES string of the molecule is CCCCc1cn(-c2c(CC)cccc2CC)c(=O)n1Cc1ccc(-c2cccnc2-c2nnn[nH]2)cc1. The number of para-hydroxylation sites is 1. The molecule has 3 aromatic heterocycles. The maximum absolute atomic E-state index is 13.9. The van der Waals surface area contributed by atoms with E-state index in [0.717, 1.165) is 60.2 Å². The molecule has 0 radical (unpaired) electrons. The van der Waals surface area contributed by atoms with Gasteiger partial charge in [-0.25, -0.2) is 9.89 Å². The number of nitrogens with zero attached hydrogens (tertiary/aromatic N) is 6. The second kappa shape index (κ2) is 11.4. The minimum Gasteiger partial charge on any atom is -0.292 e. The highest BCUT2D eigenvalue weighted by Gasteiger charge is 2.17. The van der Waals surface area contributed by atoms with Gasteiger partial charge in [-0.2, -0.15) is 0 Å². The number of pyridine rings is 1. The van der Waals surface area contributed by atoms with Gasteiger partial charge in [-0.3, -0.25) is 14.1 Å². The first kappa shape index (κ1) is 25.3. The fourth-order valence-electron chi connectivity index (χ4n) is 5.00. The van der Waals surface area contributed by atoms with Crippen molar-refractivity contribution >= 4 is 0 Å². The van der Waals surface area contributed by atoms with Gasteiger partial charge in [-0.05, 0) is 64.4 Å². The maximum Gasteiger partial charge on any atom is 0.333 e. The number of tetrazole rings is 1. The Kier molecular flexibility index (Phi) is 7.58. The zero-order valence-corrected chi connectivity index (χ0v) is 22.2. The predicted molar refractivity (Wildman–Crippen MR) is 149 cm³/mol. The molecule has 38 heavy (non-hydrogen) atoms. The van der Waals surface area contributed by atoms with E-state index in [2.05, 4.69) is 95.0 Å². The Labute approximate surface area is 222 Å². The summed E-state index contributed by atoms with van der Waals surface area (Å²) in [6.07, 6.45) is 8.54. The van der Waals surface area contributed by atoms with Crippen LogP contribution in [0.3, 0.4) is 0 Å². The average Bonchev–Trinajstić information content (AvgIpc) is 3.61. The number of nitrogens with one attached hydrogen (secondary N) is 1. The van der Waals surface area contributed by atoms with Crippen LogP contribution in [0.5, 0.6) is 0 Å². The first-order valence-corrected chi connectivity index (χ1v) is 13.3. The van der Waals surface area contributed by atoms with Gasteiger partial charge in [0, 0.05) is 23.7 Å². The summed E-state index contributed by atoms with van der Waals surface area (Å²) >= 11 is 0. The van der Waals surface area contributed by atoms with Gasteiger partial charge < -0.3 is 0 Å². The fourth-order valence-corrected chi connectivity index (χ4v) is 5.00. The molecule has 8 heteroatoms. The lowest BCUT2D eigenvalue weighted by atomic mass is 10.0. The van der Waals surface area contributed by atoms with Crippen molar-refractivity contribution in [2.75, 3.05) is 0 Å². The predicted octanol–water partition coefficient (Wildman–Crippen LogP) is 5.40. The van der Waals surface area contributed by atoms with Crippen LogP contribution in [0.1, 0.15) is 56.0 Å². The molecule has 0 saturated heterocycles. The number of hydrogen-bond acceptors (Lipinski definition) is 5. The second-order valence-electron chi connectivity index (χ2n) is 9.44. The molecule has 8 nitrogen and oxygen atoms in total. The summed E-state index contributed by atoms with van der Waals surface area (Å²) in [5.41, 5.74) is 8.24. The molecule has 0 atom stereocenters. The number of imidazole rings is 1. The van der Waals surface area contributed by atoms with E-state index in [0.29, 0.717) is 18.1 Å². The molecule has 0 aliphatic heterocycles. The number of benzene rings is 2. The largest absolute Gasteiger partial charge is 0.333 e. The minimum atomic E-state index is 0.0168. The van der Waals surface area contributed by atoms with Crippen molar-refractivity contribution in [1.29, 1.82) is 0 Å². The third-order valence-corrected chi connectivity index (χ3v) is 7.04. The van der Waals surface area contributed by atoms with Crippen molar-refractivity contribution in [3.05, 3.63) is 99.9 Å². The summed E-state index contributed by atoms with van der Waals surface area (Å²) in [6.45, 7) is 6.99. The van der Waals surface area contributed by atoms with Gasteiger partial charge in [0.15, 0.2) is 5.82 Å². The third kappa shape index (κ3) is 4.94. The molecule has 0 aliphatic rings. The van der Waals surface area contributed by atoms with Gasteiger partial charge >= 0.3 is 5.69 Å². The van der Waals surface area contributed by atoms with Crippen LogP contribution in [0.4, 0.5) is 0 Å². The monoisotopic (exact) mass is 507 g/mol. The van der Waals surface area contributed by atoms with Crippen molar-refractivity contribution in [2.45, 2.75) is 59.4 Å². The van der Waals surface area contributed by atoms with Crippen molar-refractivity contribution in [3.63, 3.8) is 0 Å². The van der Waals surface area contributed by atoms with E-state index in [9.17, 15) is 4.79 Å². The Balaban J connectivity index is 1.51. The zero-order chi connectivity index (χ0) is 26.5. The van der Waals surface area contributed by atoms with Gasteiger partial charge in [0.1, 0.15) is 5.69 Å². The van der Waals surface area contributed by atoms with Crippen molar-refractivity contribution in [1.82, 2.24) is 34.7 Å². The normalized spacial score (nSPS) is 11.2. The molecule has 0 fully saturated rings. The molecule has 2 aromatic carbocycles. The third-order valence-electron chi connectivity index (χ3n) is 7.04. The number of aryl methyl sites for hydroxylation is 3. The van der Waals surface area contributed by atoms with Crippen LogP contribution in [0.15, 0.2) is 71.8 Å². The van der Waals surface area contributed by atoms with Crippen LogP contribution >= 0.6 is 0 Å². The van der Waals surface area contributed by atoms with E-state index in [1.807, 2.05) is 21.3 Å².